The minimum absolute atomic E-state index is 0.0304. The predicted octanol–water partition coefficient (Wildman–Crippen LogP) is 4.27. The first kappa shape index (κ1) is 25.1. The number of carbonyl (C=O) groups is 1. The Bertz CT molecular complexity index is 1300. The molecule has 0 saturated carbocycles. The van der Waals surface area contributed by atoms with Gasteiger partial charge in [0.25, 0.3) is 5.56 Å². The lowest BCUT2D eigenvalue weighted by atomic mass is 10.2. The molecule has 0 fully saturated rings. The first-order valence-electron chi connectivity index (χ1n) is 10.9. The largest absolute Gasteiger partial charge is 0.491 e. The van der Waals surface area contributed by atoms with E-state index in [4.69, 9.17) is 16.3 Å². The van der Waals surface area contributed by atoms with Crippen molar-refractivity contribution in [2.75, 3.05) is 5.32 Å². The van der Waals surface area contributed by atoms with Crippen LogP contribution in [-0.4, -0.2) is 26.3 Å². The molecular formula is C25H28ClN3O5. The van der Waals surface area contributed by atoms with Crippen molar-refractivity contribution < 1.29 is 14.6 Å². The number of anilines is 2. The number of nitrogens with zero attached hydrogens (tertiary/aromatic N) is 2. The van der Waals surface area contributed by atoms with E-state index >= 15 is 0 Å². The highest BCUT2D eigenvalue weighted by Gasteiger charge is 2.18. The number of ether oxygens (including phenoxy) is 1. The minimum Gasteiger partial charge on any atom is -0.491 e. The number of rotatable bonds is 9. The van der Waals surface area contributed by atoms with Crippen LogP contribution in [0.3, 0.4) is 0 Å². The third kappa shape index (κ3) is 6.08. The Morgan fingerprint density at radius 1 is 1.06 bits per heavy atom. The number of hydrogen-bond acceptors (Lipinski definition) is 5. The topological polar surface area (TPSA) is 103 Å². The smallest absolute Gasteiger partial charge is 0.332 e. The normalized spacial score (nSPS) is 11.9. The van der Waals surface area contributed by atoms with Gasteiger partial charge in [-0.3, -0.25) is 18.7 Å². The molecule has 0 amide bonds. The third-order valence-corrected chi connectivity index (χ3v) is 5.47. The Kier molecular flexibility index (Phi) is 7.83. The number of aromatic nitrogens is 2. The van der Waals surface area contributed by atoms with Crippen LogP contribution in [0, 0.1) is 12.8 Å². The molecule has 1 atom stereocenters. The Labute approximate surface area is 202 Å². The highest BCUT2D eigenvalue weighted by Crippen LogP contribution is 2.25. The number of aryl methyl sites for hydroxylation is 1. The quantitative estimate of drug-likeness (QED) is 0.469. The van der Waals surface area contributed by atoms with Crippen molar-refractivity contribution in [3.63, 3.8) is 0 Å². The molecule has 0 saturated heterocycles. The molecule has 9 heteroatoms. The van der Waals surface area contributed by atoms with Gasteiger partial charge in [-0.1, -0.05) is 30.7 Å². The van der Waals surface area contributed by atoms with E-state index < -0.39 is 23.1 Å². The average molecular weight is 486 g/mol. The number of carboxylic acids is 1. The van der Waals surface area contributed by atoms with E-state index in [9.17, 15) is 19.5 Å². The Morgan fingerprint density at radius 2 is 1.74 bits per heavy atom. The van der Waals surface area contributed by atoms with Crippen LogP contribution >= 0.6 is 11.6 Å². The molecule has 34 heavy (non-hydrogen) atoms. The van der Waals surface area contributed by atoms with Crippen LogP contribution in [-0.2, 0) is 17.9 Å². The molecule has 0 radical (unpaired) electrons. The molecule has 3 aromatic rings. The summed E-state index contributed by atoms with van der Waals surface area (Å²) in [4.78, 5) is 37.4. The molecule has 0 bridgehead atoms. The van der Waals surface area contributed by atoms with E-state index in [0.29, 0.717) is 16.5 Å². The van der Waals surface area contributed by atoms with Crippen molar-refractivity contribution in [2.45, 2.75) is 46.9 Å². The lowest BCUT2D eigenvalue weighted by Gasteiger charge is -2.19. The molecule has 0 aliphatic rings. The molecule has 1 aromatic heterocycles. The zero-order valence-electron chi connectivity index (χ0n) is 19.5. The van der Waals surface area contributed by atoms with Crippen LogP contribution < -0.4 is 21.3 Å². The number of carboxylic acid groups (broad SMARTS) is 1. The molecule has 180 valence electrons. The Balaban J connectivity index is 2.05. The summed E-state index contributed by atoms with van der Waals surface area (Å²) in [5, 5.41) is 13.0. The zero-order valence-corrected chi connectivity index (χ0v) is 20.3. The van der Waals surface area contributed by atoms with Gasteiger partial charge >= 0.3 is 11.7 Å². The van der Waals surface area contributed by atoms with E-state index in [2.05, 4.69) is 5.32 Å². The summed E-state index contributed by atoms with van der Waals surface area (Å²) in [5.74, 6) is -0.945. The van der Waals surface area contributed by atoms with Crippen molar-refractivity contribution in [3.8, 4) is 5.75 Å². The zero-order chi connectivity index (χ0) is 25.0. The maximum Gasteiger partial charge on any atom is 0.332 e. The first-order valence-corrected chi connectivity index (χ1v) is 11.3. The second-order valence-corrected chi connectivity index (χ2v) is 8.92. The van der Waals surface area contributed by atoms with Gasteiger partial charge in [0.2, 0.25) is 0 Å². The fourth-order valence-corrected chi connectivity index (χ4v) is 3.55. The summed E-state index contributed by atoms with van der Waals surface area (Å²) in [5.41, 5.74) is 1.18. The van der Waals surface area contributed by atoms with Gasteiger partial charge in [0, 0.05) is 23.3 Å². The summed E-state index contributed by atoms with van der Waals surface area (Å²) in [7, 11) is 0. The molecule has 0 unspecified atom stereocenters. The van der Waals surface area contributed by atoms with Gasteiger partial charge in [-0.05, 0) is 62.2 Å². The van der Waals surface area contributed by atoms with Crippen LogP contribution in [0.15, 0.2) is 58.1 Å². The number of hydrogen-bond donors (Lipinski definition) is 2. The molecular weight excluding hydrogens is 458 g/mol. The van der Waals surface area contributed by atoms with Crippen LogP contribution in [0.25, 0.3) is 0 Å². The molecule has 2 aromatic carbocycles. The maximum atomic E-state index is 13.3. The van der Waals surface area contributed by atoms with E-state index in [-0.39, 0.29) is 19.2 Å². The Hall–Kier alpha value is -3.52. The average Bonchev–Trinajstić information content (AvgIpc) is 2.76. The van der Waals surface area contributed by atoms with Crippen molar-refractivity contribution in [3.05, 3.63) is 85.5 Å². The van der Waals surface area contributed by atoms with Crippen LogP contribution in [0.1, 0.15) is 31.9 Å². The second kappa shape index (κ2) is 10.6. The van der Waals surface area contributed by atoms with Crippen LogP contribution in [0.2, 0.25) is 5.02 Å². The molecule has 3 rings (SSSR count). The highest BCUT2D eigenvalue weighted by molar-refractivity contribution is 6.30. The van der Waals surface area contributed by atoms with Gasteiger partial charge in [0.05, 0.1) is 18.6 Å². The summed E-state index contributed by atoms with van der Waals surface area (Å²) in [6, 6.07) is 13.8. The summed E-state index contributed by atoms with van der Waals surface area (Å²) in [6.07, 6.45) is 0.0304. The SMILES string of the molecule is Cc1cc(Nc2cc(=O)n(C[C@H](C)C(=O)O)c(=O)n2Cc2ccc(Cl)cc2)ccc1OC(C)C. The van der Waals surface area contributed by atoms with Gasteiger partial charge in [-0.2, -0.15) is 0 Å². The first-order chi connectivity index (χ1) is 16.0. The van der Waals surface area contributed by atoms with Crippen LogP contribution in [0.4, 0.5) is 11.5 Å². The van der Waals surface area contributed by atoms with E-state index in [0.717, 1.165) is 21.4 Å². The molecule has 2 N–H and O–H groups in total. The second-order valence-electron chi connectivity index (χ2n) is 8.48. The minimum atomic E-state index is -1.09. The summed E-state index contributed by atoms with van der Waals surface area (Å²) in [6.45, 7) is 7.19. The van der Waals surface area contributed by atoms with Gasteiger partial charge in [-0.25, -0.2) is 4.79 Å². The molecule has 1 heterocycles. The standard InChI is InChI=1S/C25H28ClN3O5/c1-15(2)34-21-10-9-20(11-16(21)3)27-22-12-23(30)29(13-17(4)24(31)32)25(33)28(22)14-18-5-7-19(26)8-6-18/h5-12,15,17,27H,13-14H2,1-4H3,(H,31,32)/t17-/m0/s1. The summed E-state index contributed by atoms with van der Waals surface area (Å²) < 4.78 is 8.14. The molecule has 0 aliphatic carbocycles. The number of aliphatic carboxylic acids is 1. The Morgan fingerprint density at radius 3 is 2.32 bits per heavy atom. The monoisotopic (exact) mass is 485 g/mol. The number of halogens is 1. The molecule has 8 nitrogen and oxygen atoms in total. The predicted molar refractivity (Wildman–Crippen MR) is 133 cm³/mol. The lowest BCUT2D eigenvalue weighted by Crippen LogP contribution is -2.42. The van der Waals surface area contributed by atoms with Crippen LogP contribution in [0.5, 0.6) is 5.75 Å². The van der Waals surface area contributed by atoms with Gasteiger partial charge in [-0.15, -0.1) is 0 Å². The molecule has 0 aliphatic heterocycles. The summed E-state index contributed by atoms with van der Waals surface area (Å²) >= 11 is 5.98. The number of benzene rings is 2. The fourth-order valence-electron chi connectivity index (χ4n) is 3.43. The van der Waals surface area contributed by atoms with Gasteiger partial charge < -0.3 is 15.2 Å². The van der Waals surface area contributed by atoms with E-state index in [1.165, 1.54) is 17.6 Å². The maximum absolute atomic E-state index is 13.3. The van der Waals surface area contributed by atoms with Gasteiger partial charge in [0.15, 0.2) is 0 Å². The van der Waals surface area contributed by atoms with Crippen molar-refractivity contribution in [1.29, 1.82) is 0 Å². The molecule has 0 spiro atoms. The van der Waals surface area contributed by atoms with E-state index in [1.807, 2.05) is 32.9 Å². The van der Waals surface area contributed by atoms with Crippen molar-refractivity contribution in [2.24, 2.45) is 5.92 Å². The van der Waals surface area contributed by atoms with Crippen molar-refractivity contribution >= 4 is 29.1 Å². The lowest BCUT2D eigenvalue weighted by molar-refractivity contribution is -0.141. The number of nitrogens with one attached hydrogen (secondary N) is 1. The fraction of sp³-hybridized carbons (Fsp3) is 0.320. The third-order valence-electron chi connectivity index (χ3n) is 5.22. The van der Waals surface area contributed by atoms with E-state index in [1.54, 1.807) is 30.3 Å². The highest BCUT2D eigenvalue weighted by atomic mass is 35.5. The van der Waals surface area contributed by atoms with Gasteiger partial charge in [0.1, 0.15) is 11.6 Å². The van der Waals surface area contributed by atoms with Crippen molar-refractivity contribution in [1.82, 2.24) is 9.13 Å².